The summed E-state index contributed by atoms with van der Waals surface area (Å²) in [6, 6.07) is 13.1. The molecule has 5 N–H and O–H groups in total. The van der Waals surface area contributed by atoms with Crippen molar-refractivity contribution < 1.29 is 37.7 Å². The minimum absolute atomic E-state index is 0.000333. The summed E-state index contributed by atoms with van der Waals surface area (Å²) in [4.78, 5) is 23.8. The Balaban J connectivity index is 1.76. The van der Waals surface area contributed by atoms with Crippen molar-refractivity contribution in [2.75, 3.05) is 32.2 Å². The van der Waals surface area contributed by atoms with E-state index in [9.17, 15) is 20.0 Å². The van der Waals surface area contributed by atoms with Gasteiger partial charge in [0.15, 0.2) is 0 Å². The highest BCUT2D eigenvalue weighted by Crippen LogP contribution is 2.53. The van der Waals surface area contributed by atoms with Gasteiger partial charge in [-0.3, -0.25) is 4.79 Å². The van der Waals surface area contributed by atoms with Crippen LogP contribution in [-0.4, -0.2) is 62.2 Å². The van der Waals surface area contributed by atoms with E-state index >= 15 is 8.78 Å². The smallest absolute Gasteiger partial charge is 0.338 e. The summed E-state index contributed by atoms with van der Waals surface area (Å²) in [5, 5.41) is 29.1. The number of carbonyl (C=O) groups excluding carboxylic acids is 2. The first-order valence-corrected chi connectivity index (χ1v) is 16.1. The summed E-state index contributed by atoms with van der Waals surface area (Å²) in [5.74, 6) is -3.97. The molecule has 1 unspecified atom stereocenters. The van der Waals surface area contributed by atoms with Crippen molar-refractivity contribution in [3.8, 4) is 11.8 Å². The second-order valence-electron chi connectivity index (χ2n) is 12.8. The standard InChI is InChI=1S/C35H38Cl2F2N4O6/c1-34(2,3)16-27-35(18-41,22-10-9-20(36)15-24(22)38)29(21-6-5-7-23(37)30(21)39)31(43-27)32(45)42-25-11-8-19(14-26(25)47-4)33(46)49-13-12-48-28(44)17-40/h5-11,14-15,27,29,31-32,42-43,45H,12-13,16-17,40H2,1-4H3/t27-,29-,31+,32?,35-/m0/s1. The van der Waals surface area contributed by atoms with Gasteiger partial charge >= 0.3 is 11.9 Å². The lowest BCUT2D eigenvalue weighted by molar-refractivity contribution is -0.142. The van der Waals surface area contributed by atoms with Gasteiger partial charge in [0.05, 0.1) is 42.0 Å². The Hall–Kier alpha value is -3.99. The average Bonchev–Trinajstić information content (AvgIpc) is 3.37. The number of nitrogens with zero attached hydrogens (tertiary/aromatic N) is 1. The lowest BCUT2D eigenvalue weighted by atomic mass is 9.62. The van der Waals surface area contributed by atoms with Crippen LogP contribution in [0.4, 0.5) is 14.5 Å². The number of benzene rings is 3. The van der Waals surface area contributed by atoms with E-state index in [0.717, 1.165) is 6.07 Å². The quantitative estimate of drug-likeness (QED) is 0.104. The average molecular weight is 720 g/mol. The summed E-state index contributed by atoms with van der Waals surface area (Å²) < 4.78 is 47.3. The molecule has 1 fully saturated rings. The Bertz CT molecular complexity index is 1730. The number of ether oxygens (including phenoxy) is 3. The molecule has 1 aliphatic heterocycles. The zero-order chi connectivity index (χ0) is 36.1. The van der Waals surface area contributed by atoms with E-state index in [1.807, 2.05) is 20.8 Å². The lowest BCUT2D eigenvalue weighted by Crippen LogP contribution is -2.45. The van der Waals surface area contributed by atoms with Crippen LogP contribution >= 0.6 is 23.2 Å². The number of nitrogens with one attached hydrogen (secondary N) is 2. The van der Waals surface area contributed by atoms with E-state index in [2.05, 4.69) is 16.7 Å². The topological polar surface area (TPSA) is 156 Å². The van der Waals surface area contributed by atoms with E-state index in [1.165, 1.54) is 55.6 Å². The molecule has 14 heteroatoms. The number of anilines is 1. The highest BCUT2D eigenvalue weighted by Gasteiger charge is 2.61. The number of carbonyl (C=O) groups is 2. The fourth-order valence-electron chi connectivity index (χ4n) is 6.27. The van der Waals surface area contributed by atoms with Gasteiger partial charge in [-0.25, -0.2) is 13.6 Å². The van der Waals surface area contributed by atoms with Gasteiger partial charge in [-0.15, -0.1) is 0 Å². The van der Waals surface area contributed by atoms with Crippen molar-refractivity contribution in [3.63, 3.8) is 0 Å². The summed E-state index contributed by atoms with van der Waals surface area (Å²) in [6.45, 7) is 5.19. The molecule has 0 saturated carbocycles. The van der Waals surface area contributed by atoms with Gasteiger partial charge in [-0.05, 0) is 53.8 Å². The van der Waals surface area contributed by atoms with Crippen molar-refractivity contribution in [1.29, 1.82) is 5.26 Å². The molecule has 0 spiro atoms. The summed E-state index contributed by atoms with van der Waals surface area (Å²) in [5.41, 5.74) is 3.37. The number of nitriles is 1. The number of aliphatic hydroxyl groups is 1. The molecule has 0 aromatic heterocycles. The van der Waals surface area contributed by atoms with Crippen LogP contribution < -0.4 is 21.1 Å². The van der Waals surface area contributed by atoms with Crippen molar-refractivity contribution >= 4 is 40.8 Å². The number of rotatable bonds is 12. The second-order valence-corrected chi connectivity index (χ2v) is 13.6. The molecule has 10 nitrogen and oxygen atoms in total. The van der Waals surface area contributed by atoms with E-state index in [4.69, 9.17) is 43.1 Å². The Morgan fingerprint density at radius 1 is 1.12 bits per heavy atom. The van der Waals surface area contributed by atoms with Crippen LogP contribution in [0.3, 0.4) is 0 Å². The first-order chi connectivity index (χ1) is 23.2. The van der Waals surface area contributed by atoms with E-state index in [0.29, 0.717) is 6.42 Å². The predicted molar refractivity (Wildman–Crippen MR) is 181 cm³/mol. The van der Waals surface area contributed by atoms with E-state index in [1.54, 1.807) is 0 Å². The molecule has 4 rings (SSSR count). The van der Waals surface area contributed by atoms with Gasteiger partial charge in [-0.1, -0.05) is 62.2 Å². The van der Waals surface area contributed by atoms with Crippen molar-refractivity contribution in [2.45, 2.75) is 56.8 Å². The summed E-state index contributed by atoms with van der Waals surface area (Å²) >= 11 is 12.3. The first-order valence-electron chi connectivity index (χ1n) is 15.4. The summed E-state index contributed by atoms with van der Waals surface area (Å²) in [7, 11) is 1.36. The predicted octanol–water partition coefficient (Wildman–Crippen LogP) is 5.69. The van der Waals surface area contributed by atoms with Gasteiger partial charge < -0.3 is 35.7 Å². The zero-order valence-corrected chi connectivity index (χ0v) is 28.9. The monoisotopic (exact) mass is 718 g/mol. The number of hydrogen-bond acceptors (Lipinski definition) is 10. The highest BCUT2D eigenvalue weighted by molar-refractivity contribution is 6.31. The van der Waals surface area contributed by atoms with Crippen LogP contribution in [0.1, 0.15) is 54.6 Å². The molecule has 1 saturated heterocycles. The van der Waals surface area contributed by atoms with Crippen LogP contribution in [0.5, 0.6) is 5.75 Å². The van der Waals surface area contributed by atoms with Gasteiger partial charge in [0, 0.05) is 22.5 Å². The van der Waals surface area contributed by atoms with Gasteiger partial charge in [-0.2, -0.15) is 5.26 Å². The van der Waals surface area contributed by atoms with Crippen molar-refractivity contribution in [1.82, 2.24) is 5.32 Å². The van der Waals surface area contributed by atoms with Crippen LogP contribution in [-0.2, 0) is 19.7 Å². The van der Waals surface area contributed by atoms with Crippen LogP contribution in [0.2, 0.25) is 10.0 Å². The van der Waals surface area contributed by atoms with Crippen molar-refractivity contribution in [3.05, 3.63) is 93.0 Å². The Morgan fingerprint density at radius 3 is 2.47 bits per heavy atom. The molecule has 3 aromatic carbocycles. The largest absolute Gasteiger partial charge is 0.495 e. The SMILES string of the molecule is COc1cc(C(=O)OCCOC(=O)CN)ccc1NC(O)[C@@H]1N[C@@H](CC(C)(C)C)[C@](C#N)(c2ccc(Cl)cc2F)[C@H]1c1cccc(Cl)c1F. The molecule has 1 heterocycles. The number of esters is 2. The summed E-state index contributed by atoms with van der Waals surface area (Å²) in [6.07, 6.45) is -1.20. The maximum atomic E-state index is 16.0. The molecule has 0 aliphatic carbocycles. The first kappa shape index (κ1) is 37.8. The van der Waals surface area contributed by atoms with Crippen LogP contribution in [0.15, 0.2) is 54.6 Å². The second kappa shape index (κ2) is 15.7. The fourth-order valence-corrected chi connectivity index (χ4v) is 6.61. The molecule has 262 valence electrons. The maximum Gasteiger partial charge on any atom is 0.338 e. The maximum absolute atomic E-state index is 16.0. The third-order valence-electron chi connectivity index (χ3n) is 8.31. The third-order valence-corrected chi connectivity index (χ3v) is 8.84. The molecule has 49 heavy (non-hydrogen) atoms. The molecular weight excluding hydrogens is 681 g/mol. The third kappa shape index (κ3) is 8.25. The molecule has 1 aliphatic rings. The molecule has 3 aromatic rings. The zero-order valence-electron chi connectivity index (χ0n) is 27.4. The normalized spacial score (nSPS) is 21.0. The molecule has 5 atom stereocenters. The minimum atomic E-state index is -1.75. The number of hydrogen-bond donors (Lipinski definition) is 4. The molecular formula is C35H38Cl2F2N4O6. The van der Waals surface area contributed by atoms with Crippen LogP contribution in [0.25, 0.3) is 0 Å². The Labute approximate surface area is 293 Å². The molecule has 0 bridgehead atoms. The fraction of sp³-hybridized carbons (Fsp3) is 0.400. The number of aliphatic hydroxyl groups excluding tert-OH is 1. The van der Waals surface area contributed by atoms with Gasteiger partial charge in [0.25, 0.3) is 0 Å². The number of nitrogens with two attached hydrogens (primary N) is 1. The van der Waals surface area contributed by atoms with Crippen molar-refractivity contribution in [2.24, 2.45) is 11.1 Å². The van der Waals surface area contributed by atoms with E-state index in [-0.39, 0.29) is 57.9 Å². The van der Waals surface area contributed by atoms with E-state index < -0.39 is 58.6 Å². The Kier molecular flexibility index (Phi) is 12.1. The lowest BCUT2D eigenvalue weighted by Gasteiger charge is -2.38. The number of methoxy groups -OCH3 is 1. The minimum Gasteiger partial charge on any atom is -0.495 e. The molecule has 0 amide bonds. The van der Waals surface area contributed by atoms with Gasteiger partial charge in [0.1, 0.15) is 42.2 Å². The highest BCUT2D eigenvalue weighted by atomic mass is 35.5. The number of halogens is 4. The van der Waals surface area contributed by atoms with Gasteiger partial charge in [0.2, 0.25) is 0 Å². The molecule has 0 radical (unpaired) electrons. The van der Waals surface area contributed by atoms with Crippen LogP contribution in [0, 0.1) is 28.4 Å². The Morgan fingerprint density at radius 2 is 1.84 bits per heavy atom.